The zero-order valence-electron chi connectivity index (χ0n) is 9.89. The summed E-state index contributed by atoms with van der Waals surface area (Å²) in [7, 11) is -0.0495. The molecule has 0 radical (unpaired) electrons. The summed E-state index contributed by atoms with van der Waals surface area (Å²) < 4.78 is 33.0. The second-order valence-corrected chi connectivity index (χ2v) is 4.63. The van der Waals surface area contributed by atoms with E-state index in [0.717, 1.165) is 24.1 Å². The number of hydrogen-bond acceptors (Lipinski definition) is 5. The van der Waals surface area contributed by atoms with Crippen LogP contribution in [0.25, 0.3) is 0 Å². The normalized spacial score (nSPS) is 11.9. The van der Waals surface area contributed by atoms with E-state index in [1.54, 1.807) is 0 Å². The van der Waals surface area contributed by atoms with E-state index in [1.165, 1.54) is 6.92 Å². The van der Waals surface area contributed by atoms with E-state index in [1.807, 2.05) is 0 Å². The Bertz CT molecular complexity index is 239. The first-order valence-electron chi connectivity index (χ1n) is 4.80. The van der Waals surface area contributed by atoms with Gasteiger partial charge in [-0.3, -0.25) is 4.18 Å². The van der Waals surface area contributed by atoms with Gasteiger partial charge in [-0.2, -0.15) is 0 Å². The van der Waals surface area contributed by atoms with Crippen LogP contribution in [0.1, 0.15) is 13.8 Å². The van der Waals surface area contributed by atoms with Crippen molar-refractivity contribution in [3.05, 3.63) is 0 Å². The minimum Gasteiger partial charge on any atom is -0.726 e. The fraction of sp³-hybridized carbons (Fsp3) is 1.00. The maximum atomic E-state index is 9.45. The van der Waals surface area contributed by atoms with Gasteiger partial charge in [0.25, 0.3) is 0 Å². The third kappa shape index (κ3) is 16.5. The third-order valence-electron chi connectivity index (χ3n) is 1.85. The van der Waals surface area contributed by atoms with Gasteiger partial charge in [-0.1, -0.05) is 0 Å². The summed E-state index contributed by atoms with van der Waals surface area (Å²) in [6, 6.07) is 0. The summed E-state index contributed by atoms with van der Waals surface area (Å²) in [6.07, 6.45) is 0. The van der Waals surface area contributed by atoms with Crippen molar-refractivity contribution in [2.45, 2.75) is 13.8 Å². The van der Waals surface area contributed by atoms with Crippen LogP contribution in [0.4, 0.5) is 0 Å². The summed E-state index contributed by atoms with van der Waals surface area (Å²) in [6.45, 7) is 6.55. The highest BCUT2D eigenvalue weighted by Crippen LogP contribution is 1.91. The van der Waals surface area contributed by atoms with Crippen LogP contribution in [-0.2, 0) is 14.6 Å². The molecule has 0 aliphatic carbocycles. The van der Waals surface area contributed by atoms with Gasteiger partial charge in [0.2, 0.25) is 10.4 Å². The molecule has 2 N–H and O–H groups in total. The van der Waals surface area contributed by atoms with Crippen molar-refractivity contribution in [3.8, 4) is 0 Å². The van der Waals surface area contributed by atoms with E-state index >= 15 is 0 Å². The Balaban J connectivity index is 0. The molecule has 0 saturated carbocycles. The first-order chi connectivity index (χ1) is 6.68. The van der Waals surface area contributed by atoms with Gasteiger partial charge in [0.15, 0.2) is 0 Å². The zero-order valence-corrected chi connectivity index (χ0v) is 10.7. The molecule has 0 rings (SSSR count). The van der Waals surface area contributed by atoms with Crippen molar-refractivity contribution in [3.63, 3.8) is 0 Å². The fourth-order valence-electron chi connectivity index (χ4n) is 0.652. The Hall–Kier alpha value is -0.210. The van der Waals surface area contributed by atoms with Gasteiger partial charge in [-0.05, 0) is 13.8 Å². The van der Waals surface area contributed by atoms with Crippen LogP contribution in [0.2, 0.25) is 0 Å². The largest absolute Gasteiger partial charge is 0.726 e. The number of nitrogens with two attached hydrogens (primary N) is 1. The summed E-state index contributed by atoms with van der Waals surface area (Å²) in [5.74, 6) is 0. The lowest BCUT2D eigenvalue weighted by atomic mass is 10.4. The predicted octanol–water partition coefficient (Wildman–Crippen LogP) is -0.475. The molecular formula is C8H22N2O4S. The maximum Gasteiger partial charge on any atom is 0.217 e. The van der Waals surface area contributed by atoms with E-state index in [-0.39, 0.29) is 6.61 Å². The van der Waals surface area contributed by atoms with Crippen LogP contribution in [-0.4, -0.2) is 57.8 Å². The average Bonchev–Trinajstić information content (AvgIpc) is 2.03. The standard InChI is InChI=1S/C6H17N2.C2H6O4S/c1-4-8(2,3)6-5-7;1-2-6-7(3,4)5/h4-7H2,1-3H3;2H2,1H3,(H,3,4,5)/q+1;/p-1. The SMILES string of the molecule is CCOS(=O)(=O)[O-].CC[N+](C)(C)CCN. The van der Waals surface area contributed by atoms with Crippen LogP contribution < -0.4 is 5.73 Å². The lowest BCUT2D eigenvalue weighted by Gasteiger charge is -2.27. The van der Waals surface area contributed by atoms with E-state index in [4.69, 9.17) is 5.73 Å². The number of hydrogen-bond donors (Lipinski definition) is 1. The van der Waals surface area contributed by atoms with Crippen molar-refractivity contribution in [2.75, 3.05) is 40.3 Å². The smallest absolute Gasteiger partial charge is 0.217 e. The summed E-state index contributed by atoms with van der Waals surface area (Å²) >= 11 is 0. The molecule has 0 fully saturated rings. The molecule has 0 aromatic carbocycles. The zero-order chi connectivity index (χ0) is 12.5. The van der Waals surface area contributed by atoms with Crippen LogP contribution in [0, 0.1) is 0 Å². The Kier molecular flexibility index (Phi) is 9.17. The van der Waals surface area contributed by atoms with Gasteiger partial charge >= 0.3 is 0 Å². The molecule has 0 spiro atoms. The van der Waals surface area contributed by atoms with Gasteiger partial charge in [-0.15, -0.1) is 0 Å². The third-order valence-corrected chi connectivity index (χ3v) is 2.38. The highest BCUT2D eigenvalue weighted by Gasteiger charge is 2.07. The second-order valence-electron chi connectivity index (χ2n) is 3.58. The molecule has 0 aromatic rings. The molecule has 94 valence electrons. The van der Waals surface area contributed by atoms with Crippen LogP contribution in [0.3, 0.4) is 0 Å². The Labute approximate surface area is 92.6 Å². The number of rotatable bonds is 5. The van der Waals surface area contributed by atoms with Gasteiger partial charge in [-0.25, -0.2) is 8.42 Å². The molecule has 0 aliphatic heterocycles. The van der Waals surface area contributed by atoms with E-state index in [9.17, 15) is 13.0 Å². The molecule has 0 aliphatic rings. The monoisotopic (exact) mass is 242 g/mol. The van der Waals surface area contributed by atoms with E-state index < -0.39 is 10.4 Å². The first-order valence-corrected chi connectivity index (χ1v) is 6.14. The Morgan fingerprint density at radius 3 is 1.87 bits per heavy atom. The highest BCUT2D eigenvalue weighted by molar-refractivity contribution is 7.80. The van der Waals surface area contributed by atoms with Crippen molar-refractivity contribution in [1.82, 2.24) is 0 Å². The molecule has 0 amide bonds. The first kappa shape index (κ1) is 17.2. The molecule has 0 heterocycles. The van der Waals surface area contributed by atoms with Gasteiger partial charge in [0.1, 0.15) is 0 Å². The quantitative estimate of drug-likeness (QED) is 0.399. The second kappa shape index (κ2) is 8.00. The molecule has 0 unspecified atom stereocenters. The van der Waals surface area contributed by atoms with Gasteiger partial charge in [0, 0.05) is 6.54 Å². The lowest BCUT2D eigenvalue weighted by Crippen LogP contribution is -2.42. The predicted molar refractivity (Wildman–Crippen MR) is 57.9 cm³/mol. The van der Waals surface area contributed by atoms with E-state index in [0.29, 0.717) is 0 Å². The Morgan fingerprint density at radius 1 is 1.33 bits per heavy atom. The van der Waals surface area contributed by atoms with Gasteiger partial charge in [0.05, 0.1) is 33.8 Å². The van der Waals surface area contributed by atoms with Crippen molar-refractivity contribution in [2.24, 2.45) is 5.73 Å². The minimum atomic E-state index is -4.42. The molecule has 0 saturated heterocycles. The van der Waals surface area contributed by atoms with Crippen molar-refractivity contribution in [1.29, 1.82) is 0 Å². The summed E-state index contributed by atoms with van der Waals surface area (Å²) in [5, 5.41) is 0. The highest BCUT2D eigenvalue weighted by atomic mass is 32.3. The molecule has 0 atom stereocenters. The average molecular weight is 242 g/mol. The lowest BCUT2D eigenvalue weighted by molar-refractivity contribution is -0.887. The van der Waals surface area contributed by atoms with Crippen LogP contribution >= 0.6 is 0 Å². The number of quaternary nitrogens is 1. The molecule has 0 bridgehead atoms. The molecule has 0 aromatic heterocycles. The molecule has 7 heteroatoms. The molecular weight excluding hydrogens is 220 g/mol. The fourth-order valence-corrected chi connectivity index (χ4v) is 0.941. The Morgan fingerprint density at radius 2 is 1.80 bits per heavy atom. The van der Waals surface area contributed by atoms with Crippen molar-refractivity contribution >= 4 is 10.4 Å². The van der Waals surface area contributed by atoms with Crippen molar-refractivity contribution < 1.29 is 21.6 Å². The summed E-state index contributed by atoms with van der Waals surface area (Å²) in [5.41, 5.74) is 5.37. The van der Waals surface area contributed by atoms with E-state index in [2.05, 4.69) is 25.2 Å². The molecule has 6 nitrogen and oxygen atoms in total. The maximum absolute atomic E-state index is 9.45. The number of likely N-dealkylation sites (N-methyl/N-ethyl adjacent to an activating group) is 1. The minimum absolute atomic E-state index is 0.0914. The number of nitrogens with zero attached hydrogens (tertiary/aromatic N) is 1. The molecule has 15 heavy (non-hydrogen) atoms. The van der Waals surface area contributed by atoms with Crippen LogP contribution in [0.15, 0.2) is 0 Å². The summed E-state index contributed by atoms with van der Waals surface area (Å²) in [4.78, 5) is 0. The topological polar surface area (TPSA) is 92.5 Å². The van der Waals surface area contributed by atoms with Gasteiger partial charge < -0.3 is 14.8 Å². The van der Waals surface area contributed by atoms with Crippen LogP contribution in [0.5, 0.6) is 0 Å².